The molecule has 0 bridgehead atoms. The van der Waals surface area contributed by atoms with Crippen molar-refractivity contribution in [2.45, 2.75) is 43.7 Å². The van der Waals surface area contributed by atoms with Crippen molar-refractivity contribution in [3.8, 4) is 0 Å². The summed E-state index contributed by atoms with van der Waals surface area (Å²) in [6.07, 6.45) is 10.9. The van der Waals surface area contributed by atoms with Crippen LogP contribution in [-0.2, 0) is 9.53 Å². The van der Waals surface area contributed by atoms with Crippen molar-refractivity contribution in [2.24, 2.45) is 5.92 Å². The van der Waals surface area contributed by atoms with E-state index in [4.69, 9.17) is 4.74 Å². The number of nitrogens with one attached hydrogen (secondary N) is 1. The minimum atomic E-state index is -0.451. The van der Waals surface area contributed by atoms with Crippen LogP contribution in [0.3, 0.4) is 0 Å². The molecule has 1 aromatic heterocycles. The Labute approximate surface area is 146 Å². The number of hydrogen-bond acceptors (Lipinski definition) is 5. The van der Waals surface area contributed by atoms with Crippen LogP contribution in [0.15, 0.2) is 24.5 Å². The van der Waals surface area contributed by atoms with Crippen LogP contribution in [0.4, 0.5) is 10.3 Å². The summed E-state index contributed by atoms with van der Waals surface area (Å²) in [6, 6.07) is 0.0775. The third-order valence-corrected chi connectivity index (χ3v) is 5.37. The summed E-state index contributed by atoms with van der Waals surface area (Å²) in [6.45, 7) is 2.03. The molecular weight excluding hydrogens is 323 g/mol. The number of amides is 1. The van der Waals surface area contributed by atoms with Crippen LogP contribution >= 0.6 is 0 Å². The van der Waals surface area contributed by atoms with Crippen LogP contribution in [0.1, 0.15) is 32.1 Å². The third-order valence-electron chi connectivity index (χ3n) is 5.37. The van der Waals surface area contributed by atoms with Crippen molar-refractivity contribution in [2.75, 3.05) is 25.0 Å². The van der Waals surface area contributed by atoms with Gasteiger partial charge in [-0.1, -0.05) is 12.2 Å². The first-order valence-corrected chi connectivity index (χ1v) is 8.95. The highest BCUT2D eigenvalue weighted by Gasteiger charge is 2.45. The number of piperidine rings is 1. The molecule has 1 aliphatic carbocycles. The molecule has 4 rings (SSSR count). The van der Waals surface area contributed by atoms with Gasteiger partial charge >= 0.3 is 0 Å². The number of likely N-dealkylation sites (tertiary alicyclic amines) is 1. The zero-order valence-electron chi connectivity index (χ0n) is 14.2. The summed E-state index contributed by atoms with van der Waals surface area (Å²) in [4.78, 5) is 22.6. The second-order valence-electron chi connectivity index (χ2n) is 7.27. The van der Waals surface area contributed by atoms with E-state index in [1.807, 2.05) is 4.90 Å². The van der Waals surface area contributed by atoms with Gasteiger partial charge in [0.05, 0.1) is 30.6 Å². The first-order valence-electron chi connectivity index (χ1n) is 8.95. The van der Waals surface area contributed by atoms with E-state index in [1.165, 1.54) is 0 Å². The zero-order valence-corrected chi connectivity index (χ0v) is 14.2. The molecule has 0 aromatic carbocycles. The summed E-state index contributed by atoms with van der Waals surface area (Å²) in [7, 11) is 0. The Bertz CT molecular complexity index is 658. The number of aromatic nitrogens is 2. The Balaban J connectivity index is 1.37. The topological polar surface area (TPSA) is 67.4 Å². The fourth-order valence-corrected chi connectivity index (χ4v) is 4.15. The van der Waals surface area contributed by atoms with Gasteiger partial charge in [0, 0.05) is 25.4 Å². The van der Waals surface area contributed by atoms with E-state index in [-0.39, 0.29) is 23.5 Å². The minimum Gasteiger partial charge on any atom is -0.371 e. The van der Waals surface area contributed by atoms with Gasteiger partial charge in [0.2, 0.25) is 11.9 Å². The van der Waals surface area contributed by atoms with E-state index < -0.39 is 5.82 Å². The largest absolute Gasteiger partial charge is 0.371 e. The van der Waals surface area contributed by atoms with Crippen LogP contribution < -0.4 is 5.32 Å². The van der Waals surface area contributed by atoms with Gasteiger partial charge in [-0.05, 0) is 25.7 Å². The van der Waals surface area contributed by atoms with Crippen molar-refractivity contribution < 1.29 is 13.9 Å². The van der Waals surface area contributed by atoms with Crippen molar-refractivity contribution in [3.63, 3.8) is 0 Å². The smallest absolute Gasteiger partial charge is 0.226 e. The molecule has 134 valence electrons. The maximum absolute atomic E-state index is 12.9. The van der Waals surface area contributed by atoms with E-state index in [2.05, 4.69) is 27.4 Å². The molecule has 1 spiro atoms. The lowest BCUT2D eigenvalue weighted by molar-refractivity contribution is -0.143. The number of rotatable bonds is 3. The van der Waals surface area contributed by atoms with E-state index >= 15 is 0 Å². The summed E-state index contributed by atoms with van der Waals surface area (Å²) >= 11 is 0. The van der Waals surface area contributed by atoms with Gasteiger partial charge in [-0.15, -0.1) is 0 Å². The van der Waals surface area contributed by atoms with E-state index in [1.54, 1.807) is 0 Å². The van der Waals surface area contributed by atoms with Gasteiger partial charge in [-0.2, -0.15) is 0 Å². The fourth-order valence-electron chi connectivity index (χ4n) is 4.15. The van der Waals surface area contributed by atoms with Gasteiger partial charge < -0.3 is 15.0 Å². The van der Waals surface area contributed by atoms with Crippen LogP contribution in [0.2, 0.25) is 0 Å². The van der Waals surface area contributed by atoms with E-state index in [9.17, 15) is 9.18 Å². The minimum absolute atomic E-state index is 0.0775. The molecule has 1 amide bonds. The maximum atomic E-state index is 12.9. The Kier molecular flexibility index (Phi) is 4.41. The lowest BCUT2D eigenvalue weighted by Crippen LogP contribution is -2.51. The van der Waals surface area contributed by atoms with Crippen LogP contribution in [0.5, 0.6) is 0 Å². The number of carbonyl (C=O) groups excluding carboxylic acids is 1. The molecule has 2 saturated heterocycles. The van der Waals surface area contributed by atoms with Gasteiger partial charge in [0.25, 0.3) is 0 Å². The quantitative estimate of drug-likeness (QED) is 0.850. The molecule has 3 aliphatic rings. The maximum Gasteiger partial charge on any atom is 0.226 e. The third kappa shape index (κ3) is 3.51. The number of halogens is 1. The van der Waals surface area contributed by atoms with Gasteiger partial charge in [0.15, 0.2) is 5.82 Å². The molecule has 0 saturated carbocycles. The predicted octanol–water partition coefficient (Wildman–Crippen LogP) is 2.14. The fraction of sp³-hybridized carbons (Fsp3) is 0.611. The molecule has 25 heavy (non-hydrogen) atoms. The van der Waals surface area contributed by atoms with Crippen LogP contribution in [0.25, 0.3) is 0 Å². The predicted molar refractivity (Wildman–Crippen MR) is 90.4 cm³/mol. The molecule has 3 heterocycles. The lowest BCUT2D eigenvalue weighted by atomic mass is 9.88. The monoisotopic (exact) mass is 346 g/mol. The first kappa shape index (κ1) is 16.4. The number of allylic oxidation sites excluding steroid dienone is 2. The zero-order chi connectivity index (χ0) is 17.3. The van der Waals surface area contributed by atoms with Crippen molar-refractivity contribution in [1.82, 2.24) is 14.9 Å². The van der Waals surface area contributed by atoms with Gasteiger partial charge in [-0.3, -0.25) is 4.79 Å². The van der Waals surface area contributed by atoms with E-state index in [0.29, 0.717) is 19.1 Å². The average Bonchev–Trinajstić information content (AvgIpc) is 3.27. The normalized spacial score (nSPS) is 29.5. The molecule has 2 aliphatic heterocycles. The van der Waals surface area contributed by atoms with Gasteiger partial charge in [-0.25, -0.2) is 14.4 Å². The van der Waals surface area contributed by atoms with Crippen molar-refractivity contribution >= 4 is 11.9 Å². The van der Waals surface area contributed by atoms with Crippen LogP contribution in [-0.4, -0.2) is 52.1 Å². The SMILES string of the molecule is O=C(C1CC=CC1)N1CCC[C@]2(C[C@@H](Nc3ncc(F)cn3)CO2)C1. The molecule has 7 heteroatoms. The van der Waals surface area contributed by atoms with Crippen LogP contribution in [0, 0.1) is 11.7 Å². The molecule has 6 nitrogen and oxygen atoms in total. The number of nitrogens with zero attached hydrogens (tertiary/aromatic N) is 3. The molecule has 0 unspecified atom stereocenters. The molecule has 2 fully saturated rings. The molecule has 2 atom stereocenters. The molecule has 1 N–H and O–H groups in total. The second kappa shape index (κ2) is 6.71. The Hall–Kier alpha value is -2.02. The van der Waals surface area contributed by atoms with Gasteiger partial charge in [0.1, 0.15) is 0 Å². The lowest BCUT2D eigenvalue weighted by Gasteiger charge is -2.40. The standard InChI is InChI=1S/C18H23FN4O2/c19-14-9-20-17(21-10-14)22-15-8-18(25-11-15)6-3-7-23(12-18)16(24)13-4-1-2-5-13/h1-2,9-10,13,15H,3-8,11-12H2,(H,20,21,22)/t15-,18+/m1/s1. The molecule has 0 radical (unpaired) electrons. The average molecular weight is 346 g/mol. The van der Waals surface area contributed by atoms with Crippen molar-refractivity contribution in [1.29, 1.82) is 0 Å². The highest BCUT2D eigenvalue weighted by Crippen LogP contribution is 2.36. The number of ether oxygens (including phenoxy) is 1. The highest BCUT2D eigenvalue weighted by molar-refractivity contribution is 5.80. The molecular formula is C18H23FN4O2. The van der Waals surface area contributed by atoms with Crippen molar-refractivity contribution in [3.05, 3.63) is 30.4 Å². The summed E-state index contributed by atoms with van der Waals surface area (Å²) in [5.74, 6) is 0.324. The summed E-state index contributed by atoms with van der Waals surface area (Å²) in [5, 5.41) is 3.21. The summed E-state index contributed by atoms with van der Waals surface area (Å²) < 4.78 is 19.0. The first-order chi connectivity index (χ1) is 12.1. The Morgan fingerprint density at radius 1 is 1.32 bits per heavy atom. The van der Waals surface area contributed by atoms with E-state index in [0.717, 1.165) is 51.0 Å². The highest BCUT2D eigenvalue weighted by atomic mass is 19.1. The number of anilines is 1. The Morgan fingerprint density at radius 3 is 2.84 bits per heavy atom. The molecule has 1 aromatic rings. The Morgan fingerprint density at radius 2 is 2.08 bits per heavy atom. The number of hydrogen-bond donors (Lipinski definition) is 1. The summed E-state index contributed by atoms with van der Waals surface area (Å²) in [5.41, 5.74) is -0.280. The number of carbonyl (C=O) groups is 1. The second-order valence-corrected chi connectivity index (χ2v) is 7.27.